The lowest BCUT2D eigenvalue weighted by Gasteiger charge is -2.04. The highest BCUT2D eigenvalue weighted by Gasteiger charge is 2.08. The highest BCUT2D eigenvalue weighted by atomic mass is 35.5. The van der Waals surface area contributed by atoms with Gasteiger partial charge in [0, 0.05) is 17.6 Å². The molecule has 0 unspecified atom stereocenters. The summed E-state index contributed by atoms with van der Waals surface area (Å²) >= 11 is 5.69. The first kappa shape index (κ1) is 12.9. The largest absolute Gasteiger partial charge is 0.237 e. The summed E-state index contributed by atoms with van der Waals surface area (Å²) in [6, 6.07) is 14.8. The Hall–Kier alpha value is -2.13. The third-order valence-corrected chi connectivity index (χ3v) is 3.41. The summed E-state index contributed by atoms with van der Waals surface area (Å²) in [4.78, 5) is 0. The highest BCUT2D eigenvalue weighted by molar-refractivity contribution is 6.17. The first-order valence-corrected chi connectivity index (χ1v) is 6.76. The van der Waals surface area contributed by atoms with Gasteiger partial charge in [-0.15, -0.1) is 11.6 Å². The number of benzene rings is 2. The second-order valence-corrected chi connectivity index (χ2v) is 4.73. The summed E-state index contributed by atoms with van der Waals surface area (Å²) in [5, 5.41) is 4.22. The first-order chi connectivity index (χ1) is 9.78. The van der Waals surface area contributed by atoms with Crippen molar-refractivity contribution in [2.45, 2.75) is 5.88 Å². The summed E-state index contributed by atoms with van der Waals surface area (Å²) in [5.74, 6) is -0.0307. The topological polar surface area (TPSA) is 17.8 Å². The van der Waals surface area contributed by atoms with Crippen LogP contribution in [0.4, 0.5) is 4.39 Å². The molecule has 4 heteroatoms. The number of halogens is 2. The van der Waals surface area contributed by atoms with Crippen LogP contribution in [0.5, 0.6) is 0 Å². The lowest BCUT2D eigenvalue weighted by Crippen LogP contribution is -1.98. The van der Waals surface area contributed by atoms with Gasteiger partial charge in [-0.05, 0) is 23.3 Å². The van der Waals surface area contributed by atoms with Gasteiger partial charge in [-0.25, -0.2) is 9.07 Å². The van der Waals surface area contributed by atoms with Crippen LogP contribution in [0.2, 0.25) is 0 Å². The van der Waals surface area contributed by atoms with Gasteiger partial charge in [0.1, 0.15) is 11.5 Å². The van der Waals surface area contributed by atoms with E-state index in [0.29, 0.717) is 11.6 Å². The molecule has 2 nitrogen and oxygen atoms in total. The first-order valence-electron chi connectivity index (χ1n) is 6.23. The molecule has 0 bridgehead atoms. The van der Waals surface area contributed by atoms with Crippen LogP contribution in [0.25, 0.3) is 16.8 Å². The van der Waals surface area contributed by atoms with Crippen LogP contribution in [0, 0.1) is 5.82 Å². The van der Waals surface area contributed by atoms with Gasteiger partial charge in [0.2, 0.25) is 0 Å². The van der Waals surface area contributed by atoms with E-state index in [4.69, 9.17) is 11.6 Å². The number of alkyl halides is 1. The maximum absolute atomic E-state index is 14.0. The van der Waals surface area contributed by atoms with E-state index in [1.807, 2.05) is 36.5 Å². The Morgan fingerprint density at radius 2 is 1.85 bits per heavy atom. The fourth-order valence-corrected chi connectivity index (χ4v) is 2.22. The molecule has 1 heterocycles. The van der Waals surface area contributed by atoms with Gasteiger partial charge in [0.15, 0.2) is 0 Å². The summed E-state index contributed by atoms with van der Waals surface area (Å²) in [7, 11) is 0. The number of nitrogens with zero attached hydrogens (tertiary/aromatic N) is 2. The van der Waals surface area contributed by atoms with Crippen LogP contribution in [0.15, 0.2) is 60.9 Å². The predicted octanol–water partition coefficient (Wildman–Crippen LogP) is 4.42. The Morgan fingerprint density at radius 3 is 2.55 bits per heavy atom. The molecule has 0 aliphatic carbocycles. The SMILES string of the molecule is Fc1cc(CCl)ccc1-n1cc(-c2ccccc2)cn1. The molecular weight excluding hydrogens is 275 g/mol. The van der Waals surface area contributed by atoms with E-state index in [0.717, 1.165) is 16.7 Å². The molecule has 0 N–H and O–H groups in total. The Balaban J connectivity index is 1.98. The van der Waals surface area contributed by atoms with Gasteiger partial charge < -0.3 is 0 Å². The van der Waals surface area contributed by atoms with E-state index in [9.17, 15) is 4.39 Å². The van der Waals surface area contributed by atoms with Gasteiger partial charge in [-0.2, -0.15) is 5.10 Å². The number of rotatable bonds is 3. The molecule has 3 aromatic rings. The zero-order chi connectivity index (χ0) is 13.9. The minimum atomic E-state index is -0.328. The van der Waals surface area contributed by atoms with Crippen LogP contribution in [-0.4, -0.2) is 9.78 Å². The normalized spacial score (nSPS) is 10.7. The smallest absolute Gasteiger partial charge is 0.149 e. The number of aromatic nitrogens is 2. The van der Waals surface area contributed by atoms with Crippen LogP contribution >= 0.6 is 11.6 Å². The lowest BCUT2D eigenvalue weighted by atomic mass is 10.1. The van der Waals surface area contributed by atoms with E-state index < -0.39 is 0 Å². The number of hydrogen-bond donors (Lipinski definition) is 0. The quantitative estimate of drug-likeness (QED) is 0.652. The Labute approximate surface area is 121 Å². The minimum absolute atomic E-state index is 0.297. The van der Waals surface area contributed by atoms with Crippen molar-refractivity contribution in [2.75, 3.05) is 0 Å². The maximum atomic E-state index is 14.0. The Kier molecular flexibility index (Phi) is 3.52. The summed E-state index contributed by atoms with van der Waals surface area (Å²) in [6.07, 6.45) is 3.54. The second-order valence-electron chi connectivity index (χ2n) is 4.46. The van der Waals surface area contributed by atoms with E-state index in [1.54, 1.807) is 18.3 Å². The van der Waals surface area contributed by atoms with Crippen LogP contribution < -0.4 is 0 Å². The molecule has 0 aliphatic rings. The molecule has 100 valence electrons. The molecule has 2 aromatic carbocycles. The molecule has 0 fully saturated rings. The van der Waals surface area contributed by atoms with E-state index in [-0.39, 0.29) is 5.82 Å². The molecule has 0 saturated heterocycles. The fourth-order valence-electron chi connectivity index (χ4n) is 2.05. The molecule has 0 aliphatic heterocycles. The Morgan fingerprint density at radius 1 is 1.05 bits per heavy atom. The van der Waals surface area contributed by atoms with Crippen LogP contribution in [0.1, 0.15) is 5.56 Å². The van der Waals surface area contributed by atoms with Crippen molar-refractivity contribution in [1.82, 2.24) is 9.78 Å². The van der Waals surface area contributed by atoms with E-state index >= 15 is 0 Å². The molecule has 0 radical (unpaired) electrons. The molecule has 0 amide bonds. The van der Waals surface area contributed by atoms with Gasteiger partial charge in [0.25, 0.3) is 0 Å². The van der Waals surface area contributed by atoms with Crippen molar-refractivity contribution >= 4 is 11.6 Å². The third-order valence-electron chi connectivity index (χ3n) is 3.10. The van der Waals surface area contributed by atoms with Crippen molar-refractivity contribution in [1.29, 1.82) is 0 Å². The van der Waals surface area contributed by atoms with Gasteiger partial charge >= 0.3 is 0 Å². The zero-order valence-electron chi connectivity index (χ0n) is 10.6. The average molecular weight is 287 g/mol. The minimum Gasteiger partial charge on any atom is -0.237 e. The third kappa shape index (κ3) is 2.45. The van der Waals surface area contributed by atoms with Crippen LogP contribution in [-0.2, 0) is 5.88 Å². The van der Waals surface area contributed by atoms with Crippen molar-refractivity contribution in [2.24, 2.45) is 0 Å². The van der Waals surface area contributed by atoms with Crippen LogP contribution in [0.3, 0.4) is 0 Å². The molecule has 1 aromatic heterocycles. The number of hydrogen-bond acceptors (Lipinski definition) is 1. The average Bonchev–Trinajstić information content (AvgIpc) is 2.97. The van der Waals surface area contributed by atoms with Crippen molar-refractivity contribution in [3.8, 4) is 16.8 Å². The standard InChI is InChI=1S/C16H12ClFN2/c17-9-12-6-7-16(15(18)8-12)20-11-14(10-19-20)13-4-2-1-3-5-13/h1-8,10-11H,9H2. The predicted molar refractivity (Wildman–Crippen MR) is 78.5 cm³/mol. The van der Waals surface area contributed by atoms with Crippen molar-refractivity contribution < 1.29 is 4.39 Å². The molecule has 0 spiro atoms. The van der Waals surface area contributed by atoms with E-state index in [2.05, 4.69) is 5.10 Å². The zero-order valence-corrected chi connectivity index (χ0v) is 11.4. The Bertz CT molecular complexity index is 722. The molecular formula is C16H12ClFN2. The van der Waals surface area contributed by atoms with E-state index in [1.165, 1.54) is 10.7 Å². The summed E-state index contributed by atoms with van der Waals surface area (Å²) in [5.41, 5.74) is 3.17. The maximum Gasteiger partial charge on any atom is 0.149 e. The molecule has 0 atom stereocenters. The second kappa shape index (κ2) is 5.47. The molecule has 0 saturated carbocycles. The fraction of sp³-hybridized carbons (Fsp3) is 0.0625. The van der Waals surface area contributed by atoms with Gasteiger partial charge in [-0.3, -0.25) is 0 Å². The summed E-state index contributed by atoms with van der Waals surface area (Å²) < 4.78 is 15.6. The lowest BCUT2D eigenvalue weighted by molar-refractivity contribution is 0.609. The highest BCUT2D eigenvalue weighted by Crippen LogP contribution is 2.21. The van der Waals surface area contributed by atoms with Crippen molar-refractivity contribution in [3.05, 3.63) is 72.3 Å². The van der Waals surface area contributed by atoms with Gasteiger partial charge in [-0.1, -0.05) is 36.4 Å². The van der Waals surface area contributed by atoms with Crippen molar-refractivity contribution in [3.63, 3.8) is 0 Å². The molecule has 3 rings (SSSR count). The molecule has 20 heavy (non-hydrogen) atoms. The summed E-state index contributed by atoms with van der Waals surface area (Å²) in [6.45, 7) is 0. The monoisotopic (exact) mass is 286 g/mol. The van der Waals surface area contributed by atoms with Gasteiger partial charge in [0.05, 0.1) is 6.20 Å².